The largest absolute Gasteiger partial charge is 0.465 e. The molecule has 0 unspecified atom stereocenters. The molecule has 0 aliphatic carbocycles. The zero-order valence-electron chi connectivity index (χ0n) is 11.3. The summed E-state index contributed by atoms with van der Waals surface area (Å²) in [4.78, 5) is 23.2. The van der Waals surface area contributed by atoms with Gasteiger partial charge in [-0.05, 0) is 30.3 Å². The Labute approximate surface area is 116 Å². The Hall–Kier alpha value is -2.63. The molecule has 6 heteroatoms. The zero-order chi connectivity index (χ0) is 14.5. The van der Waals surface area contributed by atoms with Crippen LogP contribution in [0.25, 0.3) is 0 Å². The number of nitrogens with one attached hydrogen (secondary N) is 1. The summed E-state index contributed by atoms with van der Waals surface area (Å²) < 4.78 is 6.29. The predicted molar refractivity (Wildman–Crippen MR) is 72.2 cm³/mol. The minimum atomic E-state index is -0.424. The van der Waals surface area contributed by atoms with E-state index in [-0.39, 0.29) is 5.91 Å². The third kappa shape index (κ3) is 3.03. The molecule has 2 rings (SSSR count). The van der Waals surface area contributed by atoms with Gasteiger partial charge in [0.25, 0.3) is 5.91 Å². The summed E-state index contributed by atoms with van der Waals surface area (Å²) in [5.74, 6) is -0.630. The standard InChI is InChI=1S/C14H15N3O3/c1-17-12(7-8-16-17)9-15-13(18)10-3-5-11(6-4-10)14(19)20-2/h3-8H,9H2,1-2H3,(H,15,18). The summed E-state index contributed by atoms with van der Waals surface area (Å²) in [5.41, 5.74) is 1.81. The van der Waals surface area contributed by atoms with E-state index in [0.717, 1.165) is 5.69 Å². The lowest BCUT2D eigenvalue weighted by Crippen LogP contribution is -2.24. The van der Waals surface area contributed by atoms with E-state index in [2.05, 4.69) is 15.2 Å². The molecule has 0 spiro atoms. The molecule has 0 saturated carbocycles. The lowest BCUT2D eigenvalue weighted by atomic mass is 10.1. The molecule has 1 aromatic heterocycles. The average molecular weight is 273 g/mol. The first-order valence-corrected chi connectivity index (χ1v) is 6.05. The highest BCUT2D eigenvalue weighted by Gasteiger charge is 2.09. The summed E-state index contributed by atoms with van der Waals surface area (Å²) in [7, 11) is 3.13. The van der Waals surface area contributed by atoms with Gasteiger partial charge in [0.1, 0.15) is 0 Å². The van der Waals surface area contributed by atoms with Crippen LogP contribution in [-0.2, 0) is 18.3 Å². The van der Waals surface area contributed by atoms with Crippen molar-refractivity contribution in [2.24, 2.45) is 7.05 Å². The van der Waals surface area contributed by atoms with Crippen LogP contribution in [0.5, 0.6) is 0 Å². The second kappa shape index (κ2) is 6.01. The van der Waals surface area contributed by atoms with Gasteiger partial charge >= 0.3 is 5.97 Å². The van der Waals surface area contributed by atoms with Crippen molar-refractivity contribution >= 4 is 11.9 Å². The highest BCUT2D eigenvalue weighted by Crippen LogP contribution is 2.06. The number of nitrogens with zero attached hydrogens (tertiary/aromatic N) is 2. The molecule has 1 heterocycles. The number of hydrogen-bond donors (Lipinski definition) is 1. The van der Waals surface area contributed by atoms with Crippen molar-refractivity contribution in [1.29, 1.82) is 0 Å². The van der Waals surface area contributed by atoms with Gasteiger partial charge in [0.15, 0.2) is 0 Å². The maximum Gasteiger partial charge on any atom is 0.337 e. The van der Waals surface area contributed by atoms with Crippen molar-refractivity contribution in [1.82, 2.24) is 15.1 Å². The number of esters is 1. The number of benzene rings is 1. The van der Waals surface area contributed by atoms with Crippen LogP contribution in [0.15, 0.2) is 36.5 Å². The fraction of sp³-hybridized carbons (Fsp3) is 0.214. The summed E-state index contributed by atoms with van der Waals surface area (Å²) >= 11 is 0. The molecule has 2 aromatic rings. The Kier molecular flexibility index (Phi) is 4.14. The number of amides is 1. The SMILES string of the molecule is COC(=O)c1ccc(C(=O)NCc2ccnn2C)cc1. The second-order valence-corrected chi connectivity index (χ2v) is 4.20. The predicted octanol–water partition coefficient (Wildman–Crippen LogP) is 1.14. The van der Waals surface area contributed by atoms with Gasteiger partial charge in [-0.15, -0.1) is 0 Å². The quantitative estimate of drug-likeness (QED) is 0.848. The van der Waals surface area contributed by atoms with Crippen LogP contribution in [-0.4, -0.2) is 28.8 Å². The molecular formula is C14H15N3O3. The van der Waals surface area contributed by atoms with E-state index in [1.165, 1.54) is 7.11 Å². The maximum atomic E-state index is 11.9. The maximum absolute atomic E-state index is 11.9. The Morgan fingerprint density at radius 2 is 1.85 bits per heavy atom. The molecule has 104 valence electrons. The zero-order valence-corrected chi connectivity index (χ0v) is 11.3. The minimum absolute atomic E-state index is 0.206. The second-order valence-electron chi connectivity index (χ2n) is 4.20. The van der Waals surface area contributed by atoms with Crippen LogP contribution in [0, 0.1) is 0 Å². The number of methoxy groups -OCH3 is 1. The van der Waals surface area contributed by atoms with Gasteiger partial charge in [-0.1, -0.05) is 0 Å². The van der Waals surface area contributed by atoms with Gasteiger partial charge in [-0.3, -0.25) is 9.48 Å². The summed E-state index contributed by atoms with van der Waals surface area (Å²) in [6.07, 6.45) is 1.67. The van der Waals surface area contributed by atoms with Crippen LogP contribution < -0.4 is 5.32 Å². The Morgan fingerprint density at radius 3 is 2.40 bits per heavy atom. The minimum Gasteiger partial charge on any atom is -0.465 e. The number of rotatable bonds is 4. The Morgan fingerprint density at radius 1 is 1.20 bits per heavy atom. The molecule has 0 aliphatic heterocycles. The van der Waals surface area contributed by atoms with Crippen LogP contribution in [0.2, 0.25) is 0 Å². The van der Waals surface area contributed by atoms with Gasteiger partial charge in [0.05, 0.1) is 24.9 Å². The van der Waals surface area contributed by atoms with E-state index < -0.39 is 5.97 Å². The van der Waals surface area contributed by atoms with Gasteiger partial charge in [-0.25, -0.2) is 4.79 Å². The lowest BCUT2D eigenvalue weighted by molar-refractivity contribution is 0.0600. The average Bonchev–Trinajstić information content (AvgIpc) is 2.89. The van der Waals surface area contributed by atoms with Crippen molar-refractivity contribution in [3.8, 4) is 0 Å². The molecule has 1 amide bonds. The smallest absolute Gasteiger partial charge is 0.337 e. The van der Waals surface area contributed by atoms with E-state index in [9.17, 15) is 9.59 Å². The number of aromatic nitrogens is 2. The highest BCUT2D eigenvalue weighted by molar-refractivity contribution is 5.96. The molecule has 20 heavy (non-hydrogen) atoms. The Balaban J connectivity index is 1.99. The molecule has 0 saturated heterocycles. The van der Waals surface area contributed by atoms with Crippen molar-refractivity contribution in [3.05, 3.63) is 53.3 Å². The monoisotopic (exact) mass is 273 g/mol. The first-order chi connectivity index (χ1) is 9.61. The van der Waals surface area contributed by atoms with Crippen molar-refractivity contribution < 1.29 is 14.3 Å². The topological polar surface area (TPSA) is 73.2 Å². The molecular weight excluding hydrogens is 258 g/mol. The molecule has 0 radical (unpaired) electrons. The van der Waals surface area contributed by atoms with Crippen molar-refractivity contribution in [2.75, 3.05) is 7.11 Å². The molecule has 0 aliphatic rings. The third-order valence-electron chi connectivity index (χ3n) is 2.92. The summed E-state index contributed by atoms with van der Waals surface area (Å²) in [6, 6.07) is 8.13. The summed E-state index contributed by atoms with van der Waals surface area (Å²) in [5, 5.41) is 6.81. The molecule has 0 fully saturated rings. The molecule has 0 atom stereocenters. The number of aryl methyl sites for hydroxylation is 1. The van der Waals surface area contributed by atoms with E-state index in [1.807, 2.05) is 13.1 Å². The van der Waals surface area contributed by atoms with Crippen LogP contribution >= 0.6 is 0 Å². The van der Waals surface area contributed by atoms with Crippen molar-refractivity contribution in [3.63, 3.8) is 0 Å². The van der Waals surface area contributed by atoms with E-state index in [0.29, 0.717) is 17.7 Å². The first kappa shape index (κ1) is 13.8. The van der Waals surface area contributed by atoms with Gasteiger partial charge < -0.3 is 10.1 Å². The molecule has 6 nitrogen and oxygen atoms in total. The Bertz CT molecular complexity index is 617. The number of hydrogen-bond acceptors (Lipinski definition) is 4. The number of ether oxygens (including phenoxy) is 1. The number of carbonyl (C=O) groups is 2. The molecule has 1 N–H and O–H groups in total. The molecule has 1 aromatic carbocycles. The fourth-order valence-corrected chi connectivity index (χ4v) is 1.72. The normalized spacial score (nSPS) is 10.1. The van der Waals surface area contributed by atoms with Crippen LogP contribution in [0.4, 0.5) is 0 Å². The first-order valence-electron chi connectivity index (χ1n) is 6.05. The highest BCUT2D eigenvalue weighted by atomic mass is 16.5. The van der Waals surface area contributed by atoms with Gasteiger partial charge in [0, 0.05) is 18.8 Å². The summed E-state index contributed by atoms with van der Waals surface area (Å²) in [6.45, 7) is 0.397. The van der Waals surface area contributed by atoms with Crippen molar-refractivity contribution in [2.45, 2.75) is 6.54 Å². The van der Waals surface area contributed by atoms with E-state index >= 15 is 0 Å². The van der Waals surface area contributed by atoms with E-state index in [4.69, 9.17) is 0 Å². The molecule has 0 bridgehead atoms. The van der Waals surface area contributed by atoms with Gasteiger partial charge in [-0.2, -0.15) is 5.10 Å². The van der Waals surface area contributed by atoms with Gasteiger partial charge in [0.2, 0.25) is 0 Å². The lowest BCUT2D eigenvalue weighted by Gasteiger charge is -2.06. The third-order valence-corrected chi connectivity index (χ3v) is 2.92. The fourth-order valence-electron chi connectivity index (χ4n) is 1.72. The van der Waals surface area contributed by atoms with Crippen LogP contribution in [0.3, 0.4) is 0 Å². The number of carbonyl (C=O) groups excluding carboxylic acids is 2. The van der Waals surface area contributed by atoms with Crippen LogP contribution in [0.1, 0.15) is 26.4 Å². The van der Waals surface area contributed by atoms with E-state index in [1.54, 1.807) is 35.1 Å².